The molecule has 0 spiro atoms. The van der Waals surface area contributed by atoms with E-state index < -0.39 is 0 Å². The summed E-state index contributed by atoms with van der Waals surface area (Å²) in [5.41, 5.74) is 0. The summed E-state index contributed by atoms with van der Waals surface area (Å²) in [5, 5.41) is 2.29. The van der Waals surface area contributed by atoms with Crippen molar-refractivity contribution < 1.29 is 0 Å². The molecule has 1 aliphatic carbocycles. The summed E-state index contributed by atoms with van der Waals surface area (Å²) in [4.78, 5) is 0. The van der Waals surface area contributed by atoms with Gasteiger partial charge in [0.25, 0.3) is 0 Å². The third-order valence-corrected chi connectivity index (χ3v) is 11.6. The molecule has 70 valence electrons. The highest BCUT2D eigenvalue weighted by atomic mass is 32.3. The Kier molecular flexibility index (Phi) is 1.22. The molecule has 0 amide bonds. The van der Waals surface area contributed by atoms with E-state index in [-0.39, 0.29) is 10.0 Å². The Morgan fingerprint density at radius 2 is 2.08 bits per heavy atom. The van der Waals surface area contributed by atoms with E-state index in [0.717, 1.165) is 15.9 Å². The molecule has 3 rings (SSSR count). The van der Waals surface area contributed by atoms with Gasteiger partial charge in [0.2, 0.25) is 0 Å². The standard InChI is InChI=1S/C11H20S/c1-8-11(2)7-9-5-4-6-10(9)12(8,11)3/h8-10H,4-7H2,1-3H3. The topological polar surface area (TPSA) is 0 Å². The fourth-order valence-corrected chi connectivity index (χ4v) is 10.2. The second-order valence-corrected chi connectivity index (χ2v) is 9.78. The van der Waals surface area contributed by atoms with Crippen molar-refractivity contribution in [2.24, 2.45) is 5.92 Å². The van der Waals surface area contributed by atoms with Crippen molar-refractivity contribution >= 4 is 10.0 Å². The lowest BCUT2D eigenvalue weighted by atomic mass is 9.93. The Labute approximate surface area is 77.4 Å². The maximum atomic E-state index is 2.65. The summed E-state index contributed by atoms with van der Waals surface area (Å²) >= 11 is 0. The highest BCUT2D eigenvalue weighted by Crippen LogP contribution is 2.90. The van der Waals surface area contributed by atoms with Crippen molar-refractivity contribution in [2.75, 3.05) is 6.26 Å². The van der Waals surface area contributed by atoms with E-state index in [2.05, 4.69) is 20.1 Å². The summed E-state index contributed by atoms with van der Waals surface area (Å²) in [5.74, 6) is 1.16. The summed E-state index contributed by atoms with van der Waals surface area (Å²) in [6, 6.07) is 0. The van der Waals surface area contributed by atoms with Crippen LogP contribution in [0.25, 0.3) is 0 Å². The van der Waals surface area contributed by atoms with E-state index >= 15 is 0 Å². The molecule has 0 aromatic carbocycles. The number of rotatable bonds is 0. The van der Waals surface area contributed by atoms with Crippen LogP contribution in [0, 0.1) is 5.92 Å². The molecule has 3 fully saturated rings. The molecule has 2 saturated heterocycles. The van der Waals surface area contributed by atoms with Gasteiger partial charge >= 0.3 is 0 Å². The van der Waals surface area contributed by atoms with Crippen LogP contribution in [0.3, 0.4) is 0 Å². The monoisotopic (exact) mass is 184 g/mol. The van der Waals surface area contributed by atoms with Crippen LogP contribution in [0.2, 0.25) is 0 Å². The average molecular weight is 184 g/mol. The van der Waals surface area contributed by atoms with Crippen LogP contribution >= 0.6 is 10.0 Å². The molecule has 0 radical (unpaired) electrons. The Morgan fingerprint density at radius 1 is 1.33 bits per heavy atom. The predicted molar refractivity (Wildman–Crippen MR) is 57.1 cm³/mol. The molecular weight excluding hydrogens is 164 g/mol. The minimum absolute atomic E-state index is 0.135. The van der Waals surface area contributed by atoms with E-state index in [1.807, 2.05) is 0 Å². The number of hydrogen-bond donors (Lipinski definition) is 0. The first kappa shape index (κ1) is 7.73. The summed E-state index contributed by atoms with van der Waals surface area (Å²) < 4.78 is 0.836. The lowest BCUT2D eigenvalue weighted by molar-refractivity contribution is 0.476. The SMILES string of the molecule is CC1C2(C)CC3CCCC3S12C. The molecule has 0 bridgehead atoms. The second-order valence-electron chi connectivity index (χ2n) is 5.44. The van der Waals surface area contributed by atoms with Crippen LogP contribution < -0.4 is 0 Å². The first-order valence-corrected chi connectivity index (χ1v) is 7.53. The molecule has 5 unspecified atom stereocenters. The van der Waals surface area contributed by atoms with Crippen molar-refractivity contribution in [3.63, 3.8) is 0 Å². The van der Waals surface area contributed by atoms with Crippen molar-refractivity contribution in [2.45, 2.75) is 54.8 Å². The normalized spacial score (nSPS) is 73.1. The Morgan fingerprint density at radius 3 is 2.83 bits per heavy atom. The first-order valence-electron chi connectivity index (χ1n) is 5.36. The van der Waals surface area contributed by atoms with Crippen LogP contribution in [0.1, 0.15) is 39.5 Å². The minimum Gasteiger partial charge on any atom is -0.231 e. The molecule has 0 aromatic heterocycles. The second kappa shape index (κ2) is 1.89. The molecule has 1 saturated carbocycles. The quantitative estimate of drug-likeness (QED) is 0.507. The van der Waals surface area contributed by atoms with E-state index in [9.17, 15) is 0 Å². The zero-order valence-electron chi connectivity index (χ0n) is 8.47. The van der Waals surface area contributed by atoms with Crippen LogP contribution in [0.4, 0.5) is 0 Å². The molecule has 0 N–H and O–H groups in total. The Bertz CT molecular complexity index is 237. The maximum Gasteiger partial charge on any atom is 0.00819 e. The molecule has 12 heavy (non-hydrogen) atoms. The smallest absolute Gasteiger partial charge is 0.00819 e. The average Bonchev–Trinajstić information content (AvgIpc) is 2.48. The van der Waals surface area contributed by atoms with Crippen molar-refractivity contribution in [1.29, 1.82) is 0 Å². The summed E-state index contributed by atoms with van der Waals surface area (Å²) in [6.07, 6.45) is 8.92. The van der Waals surface area contributed by atoms with Gasteiger partial charge in [0.05, 0.1) is 0 Å². The van der Waals surface area contributed by atoms with Gasteiger partial charge < -0.3 is 0 Å². The van der Waals surface area contributed by atoms with Crippen molar-refractivity contribution in [3.8, 4) is 0 Å². The number of hydrogen-bond acceptors (Lipinski definition) is 0. The van der Waals surface area contributed by atoms with Gasteiger partial charge in [0.1, 0.15) is 0 Å². The van der Waals surface area contributed by atoms with E-state index in [1.54, 1.807) is 25.7 Å². The van der Waals surface area contributed by atoms with Gasteiger partial charge in [-0.15, -0.1) is 0 Å². The van der Waals surface area contributed by atoms with Crippen LogP contribution in [0.15, 0.2) is 0 Å². The third-order valence-electron chi connectivity index (χ3n) is 5.43. The zero-order chi connectivity index (χ0) is 8.56. The highest BCUT2D eigenvalue weighted by Gasteiger charge is 2.73. The van der Waals surface area contributed by atoms with E-state index in [4.69, 9.17) is 0 Å². The lowest BCUT2D eigenvalue weighted by Gasteiger charge is -2.25. The molecule has 0 aromatic rings. The van der Waals surface area contributed by atoms with Gasteiger partial charge in [0.15, 0.2) is 0 Å². The van der Waals surface area contributed by atoms with Gasteiger partial charge in [0, 0.05) is 4.75 Å². The van der Waals surface area contributed by atoms with Gasteiger partial charge in [-0.25, -0.2) is 10.0 Å². The van der Waals surface area contributed by atoms with E-state index in [0.29, 0.717) is 0 Å². The molecule has 2 heterocycles. The molecule has 0 nitrogen and oxygen atoms in total. The maximum absolute atomic E-state index is 2.65. The van der Waals surface area contributed by atoms with Crippen molar-refractivity contribution in [3.05, 3.63) is 0 Å². The molecule has 3 aliphatic rings. The molecule has 1 heteroatoms. The Hall–Kier alpha value is 0.350. The Balaban J connectivity index is 1.98. The fraction of sp³-hybridized carbons (Fsp3) is 1.00. The first-order chi connectivity index (χ1) is 5.61. The molecule has 5 atom stereocenters. The van der Waals surface area contributed by atoms with Crippen LogP contribution in [-0.4, -0.2) is 21.5 Å². The summed E-state index contributed by atoms with van der Waals surface area (Å²) in [7, 11) is -0.135. The van der Waals surface area contributed by atoms with Gasteiger partial charge in [-0.3, -0.25) is 0 Å². The number of fused-ring (bicyclic) bond motifs is 3. The zero-order valence-corrected chi connectivity index (χ0v) is 9.29. The lowest BCUT2D eigenvalue weighted by Crippen LogP contribution is -2.15. The fourth-order valence-electron chi connectivity index (χ4n) is 4.30. The van der Waals surface area contributed by atoms with Gasteiger partial charge in [-0.2, -0.15) is 0 Å². The van der Waals surface area contributed by atoms with Gasteiger partial charge in [-0.1, -0.05) is 20.3 Å². The van der Waals surface area contributed by atoms with Crippen molar-refractivity contribution in [1.82, 2.24) is 0 Å². The third kappa shape index (κ3) is 0.556. The summed E-state index contributed by atoms with van der Waals surface area (Å²) in [6.45, 7) is 5.09. The molecule has 2 aliphatic heterocycles. The largest absolute Gasteiger partial charge is 0.231 e. The minimum atomic E-state index is -0.135. The highest BCUT2D eigenvalue weighted by molar-refractivity contribution is 8.41. The predicted octanol–water partition coefficient (Wildman–Crippen LogP) is 3.15. The van der Waals surface area contributed by atoms with Gasteiger partial charge in [-0.05, 0) is 41.9 Å². The molecular formula is C11H20S. The van der Waals surface area contributed by atoms with E-state index in [1.165, 1.54) is 5.25 Å². The van der Waals surface area contributed by atoms with Crippen LogP contribution in [-0.2, 0) is 0 Å². The van der Waals surface area contributed by atoms with Crippen LogP contribution in [0.5, 0.6) is 0 Å².